The number of nitrogens with one attached hydrogen (secondary N) is 1. The van der Waals surface area contributed by atoms with E-state index in [1.165, 1.54) is 10.4 Å². The molecule has 1 aromatic carbocycles. The van der Waals surface area contributed by atoms with Gasteiger partial charge in [0.2, 0.25) is 10.0 Å². The van der Waals surface area contributed by atoms with Crippen molar-refractivity contribution in [3.63, 3.8) is 0 Å². The number of rotatable bonds is 4. The Balaban J connectivity index is 2.27. The summed E-state index contributed by atoms with van der Waals surface area (Å²) in [6.07, 6.45) is 1.76. The number of sulfonamides is 1. The predicted molar refractivity (Wildman–Crippen MR) is 93.9 cm³/mol. The summed E-state index contributed by atoms with van der Waals surface area (Å²) in [6, 6.07) is 4.70. The summed E-state index contributed by atoms with van der Waals surface area (Å²) in [5.74, 6) is -0.259. The van der Waals surface area contributed by atoms with Gasteiger partial charge in [-0.25, -0.2) is 8.42 Å². The number of amides is 1. The molecule has 0 aliphatic carbocycles. The standard InChI is InChI=1S/C16H23BrN2O3S/c1-16(2,3)11-18-15(20)12-6-7-13(17)14(10-12)23(21,22)19-8-4-5-9-19/h6-7,10H,4-5,8-9,11H2,1-3H3,(H,18,20). The Bertz CT molecular complexity index is 690. The van der Waals surface area contributed by atoms with Crippen LogP contribution in [0.4, 0.5) is 0 Å². The van der Waals surface area contributed by atoms with Gasteiger partial charge in [0, 0.05) is 29.7 Å². The van der Waals surface area contributed by atoms with E-state index in [0.29, 0.717) is 29.7 Å². The Morgan fingerprint density at radius 3 is 2.43 bits per heavy atom. The molecule has 1 aromatic rings. The van der Waals surface area contributed by atoms with Crippen LogP contribution in [0.1, 0.15) is 44.0 Å². The molecule has 1 fully saturated rings. The molecule has 0 radical (unpaired) electrons. The van der Waals surface area contributed by atoms with Crippen LogP contribution in [0.5, 0.6) is 0 Å². The van der Waals surface area contributed by atoms with E-state index >= 15 is 0 Å². The number of halogens is 1. The second-order valence-electron chi connectivity index (χ2n) is 7.00. The zero-order valence-electron chi connectivity index (χ0n) is 13.7. The van der Waals surface area contributed by atoms with Gasteiger partial charge < -0.3 is 5.32 Å². The van der Waals surface area contributed by atoms with Gasteiger partial charge in [0.25, 0.3) is 5.91 Å². The monoisotopic (exact) mass is 402 g/mol. The van der Waals surface area contributed by atoms with Crippen LogP contribution >= 0.6 is 15.9 Å². The minimum atomic E-state index is -3.56. The van der Waals surface area contributed by atoms with Crippen molar-refractivity contribution in [3.05, 3.63) is 28.2 Å². The van der Waals surface area contributed by atoms with Gasteiger partial charge in [0.1, 0.15) is 0 Å². The molecule has 0 saturated carbocycles. The minimum absolute atomic E-state index is 0.0323. The molecule has 1 aliphatic rings. The molecular formula is C16H23BrN2O3S. The van der Waals surface area contributed by atoms with Crippen molar-refractivity contribution >= 4 is 31.9 Å². The Labute approximate surface area is 146 Å². The molecule has 7 heteroatoms. The van der Waals surface area contributed by atoms with Gasteiger partial charge in [0.15, 0.2) is 0 Å². The zero-order chi connectivity index (χ0) is 17.3. The Morgan fingerprint density at radius 1 is 1.26 bits per heavy atom. The topological polar surface area (TPSA) is 66.5 Å². The summed E-state index contributed by atoms with van der Waals surface area (Å²) in [4.78, 5) is 12.4. The maximum absolute atomic E-state index is 12.7. The first-order chi connectivity index (χ1) is 10.6. The number of hydrogen-bond acceptors (Lipinski definition) is 3. The van der Waals surface area contributed by atoms with Gasteiger partial charge >= 0.3 is 0 Å². The normalized spacial score (nSPS) is 16.5. The van der Waals surface area contributed by atoms with Crippen LogP contribution in [0.25, 0.3) is 0 Å². The zero-order valence-corrected chi connectivity index (χ0v) is 16.1. The van der Waals surface area contributed by atoms with E-state index in [1.807, 2.05) is 20.8 Å². The van der Waals surface area contributed by atoms with E-state index in [1.54, 1.807) is 12.1 Å². The lowest BCUT2D eigenvalue weighted by molar-refractivity contribution is 0.0939. The van der Waals surface area contributed by atoms with Gasteiger partial charge in [-0.2, -0.15) is 4.31 Å². The van der Waals surface area contributed by atoms with E-state index in [4.69, 9.17) is 0 Å². The Hall–Kier alpha value is -0.920. The van der Waals surface area contributed by atoms with Crippen LogP contribution in [-0.2, 0) is 10.0 Å². The SMILES string of the molecule is CC(C)(C)CNC(=O)c1ccc(Br)c(S(=O)(=O)N2CCCC2)c1. The summed E-state index contributed by atoms with van der Waals surface area (Å²) >= 11 is 3.30. The van der Waals surface area contributed by atoms with Crippen molar-refractivity contribution in [1.29, 1.82) is 0 Å². The third-order valence-electron chi connectivity index (χ3n) is 3.66. The summed E-state index contributed by atoms with van der Waals surface area (Å²) in [6.45, 7) is 7.68. The lowest BCUT2D eigenvalue weighted by Crippen LogP contribution is -2.32. The minimum Gasteiger partial charge on any atom is -0.352 e. The number of hydrogen-bond donors (Lipinski definition) is 1. The lowest BCUT2D eigenvalue weighted by Gasteiger charge is -2.19. The molecule has 23 heavy (non-hydrogen) atoms. The molecule has 0 spiro atoms. The van der Waals surface area contributed by atoms with Gasteiger partial charge in [-0.05, 0) is 52.4 Å². The molecule has 0 aromatic heterocycles. The van der Waals surface area contributed by atoms with Gasteiger partial charge in [-0.3, -0.25) is 4.79 Å². The predicted octanol–water partition coefficient (Wildman–Crippen LogP) is 3.01. The molecule has 2 rings (SSSR count). The van der Waals surface area contributed by atoms with Crippen LogP contribution in [0, 0.1) is 5.41 Å². The maximum atomic E-state index is 12.7. The lowest BCUT2D eigenvalue weighted by atomic mass is 9.97. The van der Waals surface area contributed by atoms with E-state index in [-0.39, 0.29) is 16.2 Å². The molecule has 1 saturated heterocycles. The third kappa shape index (κ3) is 4.55. The van der Waals surface area contributed by atoms with Crippen LogP contribution < -0.4 is 5.32 Å². The van der Waals surface area contributed by atoms with E-state index in [2.05, 4.69) is 21.2 Å². The van der Waals surface area contributed by atoms with Crippen molar-refractivity contribution in [2.24, 2.45) is 5.41 Å². The van der Waals surface area contributed by atoms with Crippen LogP contribution in [0.15, 0.2) is 27.6 Å². The van der Waals surface area contributed by atoms with E-state index in [9.17, 15) is 13.2 Å². The van der Waals surface area contributed by atoms with Crippen molar-refractivity contribution in [3.8, 4) is 0 Å². The van der Waals surface area contributed by atoms with Gasteiger partial charge in [-0.15, -0.1) is 0 Å². The molecular weight excluding hydrogens is 380 g/mol. The number of carbonyl (C=O) groups is 1. The van der Waals surface area contributed by atoms with E-state index < -0.39 is 10.0 Å². The number of carbonyl (C=O) groups excluding carboxylic acids is 1. The summed E-state index contributed by atoms with van der Waals surface area (Å²) in [5.41, 5.74) is 0.324. The highest BCUT2D eigenvalue weighted by atomic mass is 79.9. The molecule has 1 N–H and O–H groups in total. The molecule has 0 bridgehead atoms. The van der Waals surface area contributed by atoms with Crippen LogP contribution in [-0.4, -0.2) is 38.3 Å². The molecule has 1 amide bonds. The number of benzene rings is 1. The smallest absolute Gasteiger partial charge is 0.251 e. The quantitative estimate of drug-likeness (QED) is 0.841. The molecule has 128 valence electrons. The van der Waals surface area contributed by atoms with Crippen molar-refractivity contribution in [2.75, 3.05) is 19.6 Å². The number of nitrogens with zero attached hydrogens (tertiary/aromatic N) is 1. The fourth-order valence-corrected chi connectivity index (χ4v) is 4.83. The fraction of sp³-hybridized carbons (Fsp3) is 0.562. The first-order valence-corrected chi connectivity index (χ1v) is 9.92. The molecule has 5 nitrogen and oxygen atoms in total. The van der Waals surface area contributed by atoms with E-state index in [0.717, 1.165) is 12.8 Å². The molecule has 0 atom stereocenters. The van der Waals surface area contributed by atoms with Crippen molar-refractivity contribution < 1.29 is 13.2 Å². The van der Waals surface area contributed by atoms with Crippen molar-refractivity contribution in [2.45, 2.75) is 38.5 Å². The van der Waals surface area contributed by atoms with Crippen LogP contribution in [0.2, 0.25) is 0 Å². The summed E-state index contributed by atoms with van der Waals surface area (Å²) < 4.78 is 27.4. The first kappa shape index (κ1) is 18.4. The second-order valence-corrected chi connectivity index (χ2v) is 9.76. The average molecular weight is 403 g/mol. The van der Waals surface area contributed by atoms with Gasteiger partial charge in [0.05, 0.1) is 4.90 Å². The highest BCUT2D eigenvalue weighted by Crippen LogP contribution is 2.28. The average Bonchev–Trinajstić information content (AvgIpc) is 2.99. The first-order valence-electron chi connectivity index (χ1n) is 7.69. The maximum Gasteiger partial charge on any atom is 0.251 e. The second kappa shape index (κ2) is 6.91. The summed E-state index contributed by atoms with van der Waals surface area (Å²) in [7, 11) is -3.56. The fourth-order valence-electron chi connectivity index (χ4n) is 2.36. The molecule has 1 heterocycles. The highest BCUT2D eigenvalue weighted by molar-refractivity contribution is 9.10. The van der Waals surface area contributed by atoms with Gasteiger partial charge in [-0.1, -0.05) is 20.8 Å². The highest BCUT2D eigenvalue weighted by Gasteiger charge is 2.29. The molecule has 1 aliphatic heterocycles. The third-order valence-corrected chi connectivity index (χ3v) is 6.55. The van der Waals surface area contributed by atoms with Crippen LogP contribution in [0.3, 0.4) is 0 Å². The molecule has 0 unspecified atom stereocenters. The Morgan fingerprint density at radius 2 is 1.87 bits per heavy atom. The Kier molecular flexibility index (Phi) is 5.53. The largest absolute Gasteiger partial charge is 0.352 e. The summed E-state index contributed by atoms with van der Waals surface area (Å²) in [5, 5.41) is 2.84. The van der Waals surface area contributed by atoms with Crippen molar-refractivity contribution in [1.82, 2.24) is 9.62 Å².